The lowest BCUT2D eigenvalue weighted by molar-refractivity contribution is 0.0627. The van der Waals surface area contributed by atoms with Crippen molar-refractivity contribution < 1.29 is 4.79 Å². The van der Waals surface area contributed by atoms with Crippen molar-refractivity contribution >= 4 is 33.4 Å². The van der Waals surface area contributed by atoms with Crippen LogP contribution in [0, 0.1) is 11.8 Å². The number of amides is 1. The van der Waals surface area contributed by atoms with Crippen molar-refractivity contribution in [1.29, 1.82) is 0 Å². The first-order chi connectivity index (χ1) is 8.49. The first kappa shape index (κ1) is 13.9. The lowest BCUT2D eigenvalue weighted by Gasteiger charge is -2.35. The molecule has 1 heterocycles. The third-order valence-electron chi connectivity index (χ3n) is 3.79. The predicted octanol–water partition coefficient (Wildman–Crippen LogP) is 4.22. The fourth-order valence-corrected chi connectivity index (χ4v) is 2.76. The van der Waals surface area contributed by atoms with E-state index in [1.54, 1.807) is 18.2 Å². The minimum Gasteiger partial charge on any atom is -0.338 e. The van der Waals surface area contributed by atoms with Crippen molar-refractivity contribution in [2.45, 2.75) is 20.3 Å². The van der Waals surface area contributed by atoms with Crippen LogP contribution in [0.4, 0.5) is 0 Å². The summed E-state index contributed by atoms with van der Waals surface area (Å²) in [7, 11) is 0. The Balaban J connectivity index is 2.14. The zero-order valence-electron chi connectivity index (χ0n) is 10.6. The molecule has 1 aromatic carbocycles. The molecular formula is C14H17BrClNO. The fourth-order valence-electron chi connectivity index (χ4n) is 2.26. The standard InChI is InChI=1S/C14H17BrClNO/c1-9-5-6-17(8-10(9)2)14(18)11-3-4-13(16)12(15)7-11/h3-4,7,9-10H,5-6,8H2,1-2H3. The van der Waals surface area contributed by atoms with Gasteiger partial charge in [-0.2, -0.15) is 0 Å². The van der Waals surface area contributed by atoms with Gasteiger partial charge < -0.3 is 4.90 Å². The van der Waals surface area contributed by atoms with E-state index in [4.69, 9.17) is 11.6 Å². The topological polar surface area (TPSA) is 20.3 Å². The van der Waals surface area contributed by atoms with Gasteiger partial charge in [0.1, 0.15) is 0 Å². The molecule has 1 fully saturated rings. The van der Waals surface area contributed by atoms with Crippen LogP contribution in [-0.4, -0.2) is 23.9 Å². The van der Waals surface area contributed by atoms with Gasteiger partial charge in [-0.15, -0.1) is 0 Å². The maximum Gasteiger partial charge on any atom is 0.253 e. The van der Waals surface area contributed by atoms with Crippen LogP contribution in [-0.2, 0) is 0 Å². The molecule has 0 bridgehead atoms. The fraction of sp³-hybridized carbons (Fsp3) is 0.500. The molecule has 4 heteroatoms. The van der Waals surface area contributed by atoms with Gasteiger partial charge in [0.2, 0.25) is 0 Å². The van der Waals surface area contributed by atoms with E-state index in [1.807, 2.05) is 4.90 Å². The number of hydrogen-bond acceptors (Lipinski definition) is 1. The lowest BCUT2D eigenvalue weighted by Crippen LogP contribution is -2.42. The Morgan fingerprint density at radius 1 is 1.39 bits per heavy atom. The number of hydrogen-bond donors (Lipinski definition) is 0. The highest BCUT2D eigenvalue weighted by Crippen LogP contribution is 2.26. The number of piperidine rings is 1. The lowest BCUT2D eigenvalue weighted by atomic mass is 9.88. The summed E-state index contributed by atoms with van der Waals surface area (Å²) < 4.78 is 0.772. The predicted molar refractivity (Wildman–Crippen MR) is 78.0 cm³/mol. The summed E-state index contributed by atoms with van der Waals surface area (Å²) in [6, 6.07) is 5.35. The number of halogens is 2. The van der Waals surface area contributed by atoms with Crippen molar-refractivity contribution in [1.82, 2.24) is 4.90 Å². The summed E-state index contributed by atoms with van der Waals surface area (Å²) in [6.07, 6.45) is 1.08. The molecule has 1 saturated heterocycles. The Bertz CT molecular complexity index is 463. The molecular weight excluding hydrogens is 314 g/mol. The smallest absolute Gasteiger partial charge is 0.253 e. The van der Waals surface area contributed by atoms with Gasteiger partial charge in [0.15, 0.2) is 0 Å². The van der Waals surface area contributed by atoms with Crippen LogP contribution in [0.25, 0.3) is 0 Å². The molecule has 0 radical (unpaired) electrons. The van der Waals surface area contributed by atoms with Crippen LogP contribution in [0.2, 0.25) is 5.02 Å². The van der Waals surface area contributed by atoms with Crippen LogP contribution < -0.4 is 0 Å². The van der Waals surface area contributed by atoms with Gasteiger partial charge in [-0.05, 0) is 52.4 Å². The first-order valence-corrected chi connectivity index (χ1v) is 7.40. The molecule has 0 aliphatic carbocycles. The van der Waals surface area contributed by atoms with Crippen LogP contribution in [0.1, 0.15) is 30.6 Å². The van der Waals surface area contributed by atoms with Gasteiger partial charge >= 0.3 is 0 Å². The van der Waals surface area contributed by atoms with Crippen molar-refractivity contribution in [3.8, 4) is 0 Å². The number of likely N-dealkylation sites (tertiary alicyclic amines) is 1. The van der Waals surface area contributed by atoms with Crippen molar-refractivity contribution in [3.05, 3.63) is 33.3 Å². The molecule has 0 spiro atoms. The van der Waals surface area contributed by atoms with Crippen molar-refractivity contribution in [3.63, 3.8) is 0 Å². The highest BCUT2D eigenvalue weighted by Gasteiger charge is 2.26. The van der Waals surface area contributed by atoms with Crippen LogP contribution >= 0.6 is 27.5 Å². The zero-order chi connectivity index (χ0) is 13.3. The molecule has 2 rings (SSSR count). The van der Waals surface area contributed by atoms with Gasteiger partial charge in [0.05, 0.1) is 5.02 Å². The average molecular weight is 331 g/mol. The Hall–Kier alpha value is -0.540. The summed E-state index contributed by atoms with van der Waals surface area (Å²) in [5, 5.41) is 0.632. The largest absolute Gasteiger partial charge is 0.338 e. The zero-order valence-corrected chi connectivity index (χ0v) is 13.0. The SMILES string of the molecule is CC1CCN(C(=O)c2ccc(Cl)c(Br)c2)CC1C. The van der Waals surface area contributed by atoms with Crippen molar-refractivity contribution in [2.75, 3.05) is 13.1 Å². The third-order valence-corrected chi connectivity index (χ3v) is 5.00. The second-order valence-corrected chi connectivity index (χ2v) is 6.38. The number of carbonyl (C=O) groups is 1. The Morgan fingerprint density at radius 3 is 2.72 bits per heavy atom. The van der Waals surface area contributed by atoms with E-state index in [9.17, 15) is 4.79 Å². The minimum absolute atomic E-state index is 0.103. The normalized spacial score (nSPS) is 24.1. The Kier molecular flexibility index (Phi) is 4.33. The highest BCUT2D eigenvalue weighted by atomic mass is 79.9. The number of nitrogens with zero attached hydrogens (tertiary/aromatic N) is 1. The molecule has 2 atom stereocenters. The summed E-state index contributed by atoms with van der Waals surface area (Å²) in [5.74, 6) is 1.37. The second kappa shape index (κ2) is 5.62. The summed E-state index contributed by atoms with van der Waals surface area (Å²) in [6.45, 7) is 6.16. The van der Waals surface area contributed by atoms with Crippen LogP contribution in [0.15, 0.2) is 22.7 Å². The maximum absolute atomic E-state index is 12.4. The first-order valence-electron chi connectivity index (χ1n) is 6.23. The van der Waals surface area contributed by atoms with E-state index < -0.39 is 0 Å². The second-order valence-electron chi connectivity index (χ2n) is 5.12. The van der Waals surface area contributed by atoms with Gasteiger partial charge in [-0.25, -0.2) is 0 Å². The van der Waals surface area contributed by atoms with Crippen LogP contribution in [0.5, 0.6) is 0 Å². The number of carbonyl (C=O) groups excluding carboxylic acids is 1. The molecule has 2 unspecified atom stereocenters. The number of rotatable bonds is 1. The average Bonchev–Trinajstić information content (AvgIpc) is 2.35. The van der Waals surface area contributed by atoms with Gasteiger partial charge in [0.25, 0.3) is 5.91 Å². The Labute approximate surface area is 121 Å². The molecule has 1 aromatic rings. The summed E-state index contributed by atoms with van der Waals surface area (Å²) in [4.78, 5) is 14.3. The number of benzene rings is 1. The van der Waals surface area contributed by atoms with Gasteiger partial charge in [-0.1, -0.05) is 25.4 Å². The molecule has 98 valence electrons. The van der Waals surface area contributed by atoms with Crippen molar-refractivity contribution in [2.24, 2.45) is 11.8 Å². The van der Waals surface area contributed by atoms with E-state index in [0.717, 1.165) is 24.0 Å². The molecule has 1 amide bonds. The van der Waals surface area contributed by atoms with E-state index in [0.29, 0.717) is 22.4 Å². The van der Waals surface area contributed by atoms with Crippen LogP contribution in [0.3, 0.4) is 0 Å². The molecule has 0 N–H and O–H groups in total. The third kappa shape index (κ3) is 2.89. The van der Waals surface area contributed by atoms with E-state index in [1.165, 1.54) is 0 Å². The van der Waals surface area contributed by atoms with Gasteiger partial charge in [-0.3, -0.25) is 4.79 Å². The quantitative estimate of drug-likeness (QED) is 0.755. The van der Waals surface area contributed by atoms with E-state index >= 15 is 0 Å². The molecule has 1 aliphatic rings. The molecule has 2 nitrogen and oxygen atoms in total. The summed E-state index contributed by atoms with van der Waals surface area (Å²) >= 11 is 9.30. The maximum atomic E-state index is 12.4. The molecule has 0 aromatic heterocycles. The monoisotopic (exact) mass is 329 g/mol. The van der Waals surface area contributed by atoms with E-state index in [2.05, 4.69) is 29.8 Å². The Morgan fingerprint density at radius 2 is 2.11 bits per heavy atom. The summed E-state index contributed by atoms with van der Waals surface area (Å²) in [5.41, 5.74) is 0.702. The minimum atomic E-state index is 0.103. The molecule has 0 saturated carbocycles. The van der Waals surface area contributed by atoms with E-state index in [-0.39, 0.29) is 5.91 Å². The molecule has 1 aliphatic heterocycles. The van der Waals surface area contributed by atoms with Gasteiger partial charge in [0, 0.05) is 23.1 Å². The molecule has 18 heavy (non-hydrogen) atoms. The highest BCUT2D eigenvalue weighted by molar-refractivity contribution is 9.10.